The molecule has 0 aromatic carbocycles. The molecule has 0 bridgehead atoms. The number of anilines is 2. The molecular formula is C9H16N4O. The zero-order chi connectivity index (χ0) is 10.4. The fourth-order valence-electron chi connectivity index (χ4n) is 1.09. The summed E-state index contributed by atoms with van der Waals surface area (Å²) in [5.41, 5.74) is 5.51. The summed E-state index contributed by atoms with van der Waals surface area (Å²) in [6, 6.07) is 1.71. The van der Waals surface area contributed by atoms with E-state index in [1.807, 2.05) is 0 Å². The Morgan fingerprint density at radius 1 is 1.57 bits per heavy atom. The first-order valence-electron chi connectivity index (χ1n) is 4.52. The van der Waals surface area contributed by atoms with E-state index in [-0.39, 0.29) is 0 Å². The molecule has 0 radical (unpaired) electrons. The lowest BCUT2D eigenvalue weighted by atomic mass is 10.2. The second-order valence-corrected chi connectivity index (χ2v) is 3.27. The van der Waals surface area contributed by atoms with Gasteiger partial charge in [0.15, 0.2) is 0 Å². The van der Waals surface area contributed by atoms with Crippen LogP contribution in [0.2, 0.25) is 0 Å². The van der Waals surface area contributed by atoms with Gasteiger partial charge < -0.3 is 15.8 Å². The van der Waals surface area contributed by atoms with Crippen molar-refractivity contribution in [3.63, 3.8) is 0 Å². The molecule has 14 heavy (non-hydrogen) atoms. The Bertz CT molecular complexity index is 279. The Labute approximate surface area is 83.7 Å². The van der Waals surface area contributed by atoms with E-state index in [2.05, 4.69) is 22.2 Å². The Morgan fingerprint density at radius 3 is 3.00 bits per heavy atom. The molecule has 1 rings (SSSR count). The molecule has 0 fully saturated rings. The Balaban J connectivity index is 2.37. The molecule has 0 amide bonds. The number of hydrogen-bond acceptors (Lipinski definition) is 5. The number of aromatic nitrogens is 2. The zero-order valence-electron chi connectivity index (χ0n) is 8.53. The second kappa shape index (κ2) is 5.39. The van der Waals surface area contributed by atoms with Crippen molar-refractivity contribution in [2.75, 3.05) is 31.3 Å². The minimum absolute atomic E-state index is 0.441. The van der Waals surface area contributed by atoms with E-state index >= 15 is 0 Å². The third-order valence-electron chi connectivity index (χ3n) is 1.77. The fourth-order valence-corrected chi connectivity index (χ4v) is 1.09. The predicted molar refractivity (Wildman–Crippen MR) is 56.0 cm³/mol. The van der Waals surface area contributed by atoms with E-state index in [4.69, 9.17) is 10.5 Å². The lowest BCUT2D eigenvalue weighted by Gasteiger charge is -2.11. The van der Waals surface area contributed by atoms with Crippen LogP contribution in [0.5, 0.6) is 0 Å². The summed E-state index contributed by atoms with van der Waals surface area (Å²) in [7, 11) is 1.69. The smallest absolute Gasteiger partial charge is 0.131 e. The summed E-state index contributed by atoms with van der Waals surface area (Å²) >= 11 is 0. The highest BCUT2D eigenvalue weighted by atomic mass is 16.5. The Kier molecular flexibility index (Phi) is 4.12. The maximum atomic E-state index is 5.51. The molecule has 5 heteroatoms. The van der Waals surface area contributed by atoms with Gasteiger partial charge in [0.05, 0.1) is 6.61 Å². The van der Waals surface area contributed by atoms with Crippen LogP contribution in [0, 0.1) is 5.92 Å². The number of rotatable bonds is 5. The first-order chi connectivity index (χ1) is 6.72. The average Bonchev–Trinajstić information content (AvgIpc) is 2.15. The van der Waals surface area contributed by atoms with Gasteiger partial charge in [-0.15, -0.1) is 0 Å². The molecule has 0 aliphatic rings. The Morgan fingerprint density at radius 2 is 2.36 bits per heavy atom. The predicted octanol–water partition coefficient (Wildman–Crippen LogP) is 0.753. The molecule has 1 aromatic rings. The van der Waals surface area contributed by atoms with E-state index in [9.17, 15) is 0 Å². The van der Waals surface area contributed by atoms with E-state index < -0.39 is 0 Å². The third-order valence-corrected chi connectivity index (χ3v) is 1.77. The van der Waals surface area contributed by atoms with Gasteiger partial charge in [0.2, 0.25) is 0 Å². The minimum atomic E-state index is 0.441. The summed E-state index contributed by atoms with van der Waals surface area (Å²) in [5, 5.41) is 3.16. The van der Waals surface area contributed by atoms with Crippen molar-refractivity contribution in [2.45, 2.75) is 6.92 Å². The molecule has 0 aliphatic carbocycles. The summed E-state index contributed by atoms with van der Waals surface area (Å²) < 4.78 is 5.02. The van der Waals surface area contributed by atoms with Gasteiger partial charge in [-0.1, -0.05) is 6.92 Å². The molecule has 0 saturated carbocycles. The second-order valence-electron chi connectivity index (χ2n) is 3.27. The van der Waals surface area contributed by atoms with Crippen LogP contribution in [-0.2, 0) is 4.74 Å². The lowest BCUT2D eigenvalue weighted by molar-refractivity contribution is 0.164. The zero-order valence-corrected chi connectivity index (χ0v) is 8.53. The average molecular weight is 196 g/mol. The van der Waals surface area contributed by atoms with Crippen molar-refractivity contribution < 1.29 is 4.74 Å². The van der Waals surface area contributed by atoms with E-state index in [0.717, 1.165) is 19.0 Å². The highest BCUT2D eigenvalue weighted by molar-refractivity contribution is 5.43. The van der Waals surface area contributed by atoms with Gasteiger partial charge >= 0.3 is 0 Å². The Hall–Kier alpha value is -1.36. The molecule has 1 atom stereocenters. The maximum Gasteiger partial charge on any atom is 0.131 e. The highest BCUT2D eigenvalue weighted by Gasteiger charge is 2.01. The van der Waals surface area contributed by atoms with E-state index in [1.165, 1.54) is 6.33 Å². The molecule has 5 nitrogen and oxygen atoms in total. The first kappa shape index (κ1) is 10.7. The van der Waals surface area contributed by atoms with Crippen molar-refractivity contribution in [1.82, 2.24) is 9.97 Å². The summed E-state index contributed by atoms with van der Waals surface area (Å²) in [6.45, 7) is 3.64. The largest absolute Gasteiger partial charge is 0.384 e. The van der Waals surface area contributed by atoms with Gasteiger partial charge in [0.1, 0.15) is 18.0 Å². The summed E-state index contributed by atoms with van der Waals surface area (Å²) in [4.78, 5) is 7.83. The molecule has 0 aliphatic heterocycles. The topological polar surface area (TPSA) is 73.1 Å². The number of nitrogens with zero attached hydrogens (tertiary/aromatic N) is 2. The van der Waals surface area contributed by atoms with Crippen LogP contribution >= 0.6 is 0 Å². The normalized spacial score (nSPS) is 12.4. The van der Waals surface area contributed by atoms with Gasteiger partial charge in [-0.2, -0.15) is 0 Å². The van der Waals surface area contributed by atoms with Crippen LogP contribution in [-0.4, -0.2) is 30.2 Å². The van der Waals surface area contributed by atoms with Crippen molar-refractivity contribution in [3.8, 4) is 0 Å². The first-order valence-corrected chi connectivity index (χ1v) is 4.52. The lowest BCUT2D eigenvalue weighted by Crippen LogP contribution is -2.16. The number of nitrogens with one attached hydrogen (secondary N) is 1. The van der Waals surface area contributed by atoms with Gasteiger partial charge in [0.25, 0.3) is 0 Å². The molecular weight excluding hydrogens is 180 g/mol. The van der Waals surface area contributed by atoms with Crippen molar-refractivity contribution >= 4 is 11.6 Å². The molecule has 0 spiro atoms. The van der Waals surface area contributed by atoms with Crippen LogP contribution in [0.4, 0.5) is 11.6 Å². The molecule has 1 aromatic heterocycles. The van der Waals surface area contributed by atoms with Crippen molar-refractivity contribution in [1.29, 1.82) is 0 Å². The summed E-state index contributed by atoms with van der Waals surface area (Å²) in [5.74, 6) is 1.67. The van der Waals surface area contributed by atoms with Crippen molar-refractivity contribution in [3.05, 3.63) is 12.4 Å². The number of hydrogen-bond donors (Lipinski definition) is 2. The minimum Gasteiger partial charge on any atom is -0.384 e. The summed E-state index contributed by atoms with van der Waals surface area (Å²) in [6.07, 6.45) is 1.44. The van der Waals surface area contributed by atoms with Gasteiger partial charge in [-0.3, -0.25) is 0 Å². The van der Waals surface area contributed by atoms with Crippen LogP contribution < -0.4 is 11.1 Å². The molecule has 3 N–H and O–H groups in total. The van der Waals surface area contributed by atoms with Gasteiger partial charge in [-0.05, 0) is 5.92 Å². The van der Waals surface area contributed by atoms with Crippen LogP contribution in [0.25, 0.3) is 0 Å². The molecule has 1 unspecified atom stereocenters. The number of nitrogen functional groups attached to an aromatic ring is 1. The molecule has 78 valence electrons. The highest BCUT2D eigenvalue weighted by Crippen LogP contribution is 2.05. The number of ether oxygens (including phenoxy) is 1. The maximum absolute atomic E-state index is 5.51. The monoisotopic (exact) mass is 196 g/mol. The van der Waals surface area contributed by atoms with Crippen LogP contribution in [0.3, 0.4) is 0 Å². The standard InChI is InChI=1S/C9H16N4O/c1-7(5-14-2)4-11-9-3-8(10)12-6-13-9/h3,6-7H,4-5H2,1-2H3,(H3,10,11,12,13). The third kappa shape index (κ3) is 3.57. The number of nitrogens with two attached hydrogens (primary N) is 1. The quantitative estimate of drug-likeness (QED) is 0.727. The van der Waals surface area contributed by atoms with E-state index in [0.29, 0.717) is 11.7 Å². The number of methoxy groups -OCH3 is 1. The SMILES string of the molecule is COCC(C)CNc1cc(N)ncn1. The van der Waals surface area contributed by atoms with Gasteiger partial charge in [-0.25, -0.2) is 9.97 Å². The molecule has 0 saturated heterocycles. The molecule has 1 heterocycles. The van der Waals surface area contributed by atoms with Crippen LogP contribution in [0.1, 0.15) is 6.92 Å². The van der Waals surface area contributed by atoms with Gasteiger partial charge in [0, 0.05) is 19.7 Å². The van der Waals surface area contributed by atoms with Crippen molar-refractivity contribution in [2.24, 2.45) is 5.92 Å². The fraction of sp³-hybridized carbons (Fsp3) is 0.556. The van der Waals surface area contributed by atoms with E-state index in [1.54, 1.807) is 13.2 Å². The van der Waals surface area contributed by atoms with Crippen LogP contribution in [0.15, 0.2) is 12.4 Å².